The summed E-state index contributed by atoms with van der Waals surface area (Å²) in [5, 5.41) is 2.66. The summed E-state index contributed by atoms with van der Waals surface area (Å²) in [5.41, 5.74) is -1.43. The smallest absolute Gasteiger partial charge is 0.382 e. The highest BCUT2D eigenvalue weighted by Crippen LogP contribution is 2.36. The zero-order valence-electron chi connectivity index (χ0n) is 9.52. The van der Waals surface area contributed by atoms with E-state index in [9.17, 15) is 26.3 Å². The molecule has 1 atom stereocenters. The average molecular weight is 318 g/mol. The Kier molecular flexibility index (Phi) is 3.62. The molecule has 0 aliphatic carbocycles. The maximum atomic E-state index is 12.6. The van der Waals surface area contributed by atoms with Gasteiger partial charge in [0, 0.05) is 12.0 Å². The second kappa shape index (κ2) is 4.83. The first-order valence-electron chi connectivity index (χ1n) is 5.25. The van der Waals surface area contributed by atoms with Gasteiger partial charge in [0.15, 0.2) is 0 Å². The van der Waals surface area contributed by atoms with Gasteiger partial charge in [-0.1, -0.05) is 22.8 Å². The summed E-state index contributed by atoms with van der Waals surface area (Å²) in [5.74, 6) is 0. The summed E-state index contributed by atoms with van der Waals surface area (Å²) < 4.78 is 75.1. The molecule has 1 aromatic carbocycles. The number of benzene rings is 1. The number of nitrogens with zero attached hydrogens (tertiary/aromatic N) is 1. The van der Waals surface area contributed by atoms with Gasteiger partial charge in [-0.3, -0.25) is 0 Å². The largest absolute Gasteiger partial charge is 0.428 e. The van der Waals surface area contributed by atoms with Gasteiger partial charge in [0.1, 0.15) is 0 Å². The Balaban J connectivity index is 2.28. The molecule has 1 aliphatic rings. The molecule has 110 valence electrons. The molecule has 1 unspecified atom stereocenters. The van der Waals surface area contributed by atoms with Crippen LogP contribution in [0.5, 0.6) is 0 Å². The third-order valence-corrected chi connectivity index (χ3v) is 2.97. The molecule has 0 aromatic heterocycles. The van der Waals surface area contributed by atoms with E-state index >= 15 is 0 Å². The van der Waals surface area contributed by atoms with Crippen LogP contribution in [0.1, 0.15) is 17.5 Å². The Morgan fingerprint density at radius 1 is 1.15 bits per heavy atom. The fourth-order valence-electron chi connectivity index (χ4n) is 1.65. The predicted octanol–water partition coefficient (Wildman–Crippen LogP) is 4.41. The van der Waals surface area contributed by atoms with Crippen molar-refractivity contribution in [2.75, 3.05) is 0 Å². The lowest BCUT2D eigenvalue weighted by molar-refractivity contribution is -0.212. The maximum absolute atomic E-state index is 12.6. The number of rotatable bonds is 1. The summed E-state index contributed by atoms with van der Waals surface area (Å²) in [7, 11) is 0. The van der Waals surface area contributed by atoms with Gasteiger partial charge in [-0.2, -0.15) is 26.3 Å². The summed E-state index contributed by atoms with van der Waals surface area (Å²) in [4.78, 5) is 4.19. The molecule has 20 heavy (non-hydrogen) atoms. The Hall–Kier alpha value is -1.44. The zero-order valence-corrected chi connectivity index (χ0v) is 10.3. The molecule has 2 rings (SSSR count). The molecule has 2 nitrogen and oxygen atoms in total. The Morgan fingerprint density at radius 2 is 1.80 bits per heavy atom. The van der Waals surface area contributed by atoms with Crippen LogP contribution >= 0.6 is 11.6 Å². The monoisotopic (exact) mass is 317 g/mol. The van der Waals surface area contributed by atoms with Crippen LogP contribution < -0.4 is 0 Å². The quantitative estimate of drug-likeness (QED) is 0.703. The molecule has 1 aliphatic heterocycles. The van der Waals surface area contributed by atoms with E-state index in [4.69, 9.17) is 11.6 Å². The second-order valence-corrected chi connectivity index (χ2v) is 4.48. The van der Waals surface area contributed by atoms with Gasteiger partial charge in [-0.05, 0) is 12.1 Å². The molecule has 1 heterocycles. The first-order valence-corrected chi connectivity index (χ1v) is 5.63. The van der Waals surface area contributed by atoms with Gasteiger partial charge >= 0.3 is 12.4 Å². The lowest BCUT2D eigenvalue weighted by Crippen LogP contribution is -2.28. The molecular weight excluding hydrogens is 312 g/mol. The molecule has 0 bridgehead atoms. The molecule has 1 aromatic rings. The van der Waals surface area contributed by atoms with Crippen molar-refractivity contribution in [3.8, 4) is 0 Å². The molecule has 0 fully saturated rings. The molecule has 0 N–H and O–H groups in total. The summed E-state index contributed by atoms with van der Waals surface area (Å²) in [6, 6.07) is 2.78. The third-order valence-electron chi connectivity index (χ3n) is 2.64. The SMILES string of the molecule is FC(F)(F)c1cc(C2=NOC(C(F)(F)F)C2)ccc1Cl. The number of oxime groups is 1. The van der Waals surface area contributed by atoms with E-state index in [0.29, 0.717) is 6.07 Å². The fourth-order valence-corrected chi connectivity index (χ4v) is 1.87. The Labute approximate surface area is 114 Å². The zero-order chi connectivity index (χ0) is 15.1. The van der Waals surface area contributed by atoms with Gasteiger partial charge in [0.25, 0.3) is 0 Å². The molecular formula is C11H6ClF6NO. The van der Waals surface area contributed by atoms with E-state index in [2.05, 4.69) is 9.99 Å². The Bertz CT molecular complexity index is 551. The number of hydrogen-bond acceptors (Lipinski definition) is 2. The normalized spacial score (nSPS) is 19.8. The van der Waals surface area contributed by atoms with Crippen LogP contribution in [0.25, 0.3) is 0 Å². The van der Waals surface area contributed by atoms with Gasteiger partial charge < -0.3 is 4.84 Å². The van der Waals surface area contributed by atoms with Crippen molar-refractivity contribution < 1.29 is 31.2 Å². The molecule has 0 amide bonds. The van der Waals surface area contributed by atoms with Crippen LogP contribution in [0, 0.1) is 0 Å². The Morgan fingerprint density at radius 3 is 2.30 bits per heavy atom. The van der Waals surface area contributed by atoms with E-state index in [1.165, 1.54) is 6.07 Å². The van der Waals surface area contributed by atoms with Crippen LogP contribution in [0.15, 0.2) is 23.4 Å². The van der Waals surface area contributed by atoms with Crippen molar-refractivity contribution in [1.29, 1.82) is 0 Å². The van der Waals surface area contributed by atoms with Crippen LogP contribution in [0.3, 0.4) is 0 Å². The topological polar surface area (TPSA) is 21.6 Å². The minimum atomic E-state index is -4.70. The summed E-state index contributed by atoms with van der Waals surface area (Å²) in [6.45, 7) is 0. The highest BCUT2D eigenvalue weighted by atomic mass is 35.5. The standard InChI is InChI=1S/C11H6ClF6NO/c12-7-2-1-5(3-6(7)10(13,14)15)8-4-9(20-19-8)11(16,17)18/h1-3,9H,4H2. The molecule has 0 saturated heterocycles. The van der Waals surface area contributed by atoms with Crippen LogP contribution in [-0.4, -0.2) is 18.0 Å². The third kappa shape index (κ3) is 3.00. The molecule has 0 radical (unpaired) electrons. The second-order valence-electron chi connectivity index (χ2n) is 4.07. The van der Waals surface area contributed by atoms with Gasteiger partial charge in [-0.25, -0.2) is 0 Å². The first kappa shape index (κ1) is 15.0. The number of alkyl halides is 6. The van der Waals surface area contributed by atoms with Crippen molar-refractivity contribution in [2.45, 2.75) is 24.9 Å². The van der Waals surface area contributed by atoms with Crippen LogP contribution in [0.2, 0.25) is 5.02 Å². The van der Waals surface area contributed by atoms with E-state index in [1.54, 1.807) is 0 Å². The van der Waals surface area contributed by atoms with E-state index in [-0.39, 0.29) is 11.3 Å². The van der Waals surface area contributed by atoms with E-state index in [0.717, 1.165) is 6.07 Å². The molecule has 9 heteroatoms. The van der Waals surface area contributed by atoms with Crippen molar-refractivity contribution in [3.63, 3.8) is 0 Å². The van der Waals surface area contributed by atoms with Crippen LogP contribution in [0.4, 0.5) is 26.3 Å². The van der Waals surface area contributed by atoms with Gasteiger partial charge in [-0.15, -0.1) is 0 Å². The van der Waals surface area contributed by atoms with E-state index < -0.39 is 35.5 Å². The minimum absolute atomic E-state index is 0.103. The van der Waals surface area contributed by atoms with Gasteiger partial charge in [0.05, 0.1) is 16.3 Å². The molecule has 0 spiro atoms. The highest BCUT2D eigenvalue weighted by molar-refractivity contribution is 6.31. The lowest BCUT2D eigenvalue weighted by Gasteiger charge is -2.12. The van der Waals surface area contributed by atoms with Crippen molar-refractivity contribution >= 4 is 17.3 Å². The lowest BCUT2D eigenvalue weighted by atomic mass is 10.0. The van der Waals surface area contributed by atoms with Gasteiger partial charge in [0.2, 0.25) is 6.10 Å². The predicted molar refractivity (Wildman–Crippen MR) is 58.5 cm³/mol. The van der Waals surface area contributed by atoms with Crippen molar-refractivity contribution in [1.82, 2.24) is 0 Å². The summed E-state index contributed by atoms with van der Waals surface area (Å²) >= 11 is 5.42. The van der Waals surface area contributed by atoms with Crippen molar-refractivity contribution in [2.24, 2.45) is 5.16 Å². The van der Waals surface area contributed by atoms with Crippen molar-refractivity contribution in [3.05, 3.63) is 34.3 Å². The molecule has 0 saturated carbocycles. The average Bonchev–Trinajstić information content (AvgIpc) is 2.77. The first-order chi connectivity index (χ1) is 9.09. The van der Waals surface area contributed by atoms with E-state index in [1.807, 2.05) is 0 Å². The number of hydrogen-bond donors (Lipinski definition) is 0. The minimum Gasteiger partial charge on any atom is -0.382 e. The maximum Gasteiger partial charge on any atom is 0.428 e. The van der Waals surface area contributed by atoms with Crippen LogP contribution in [-0.2, 0) is 11.0 Å². The summed E-state index contributed by atoms with van der Waals surface area (Å²) in [6.07, 6.45) is -12.1. The fraction of sp³-hybridized carbons (Fsp3) is 0.364. The number of halogens is 7. The highest BCUT2D eigenvalue weighted by Gasteiger charge is 2.46.